The largest absolute Gasteiger partial charge is 0.497 e. The fourth-order valence-corrected chi connectivity index (χ4v) is 3.44. The number of carbonyl (C=O) groups is 1. The fourth-order valence-electron chi connectivity index (χ4n) is 3.44. The van der Waals surface area contributed by atoms with Gasteiger partial charge >= 0.3 is 0 Å². The van der Waals surface area contributed by atoms with E-state index >= 15 is 0 Å². The van der Waals surface area contributed by atoms with Gasteiger partial charge in [-0.3, -0.25) is 9.59 Å². The van der Waals surface area contributed by atoms with E-state index in [1.165, 1.54) is 0 Å². The average molecular weight is 403 g/mol. The molecule has 4 rings (SSSR count). The summed E-state index contributed by atoms with van der Waals surface area (Å²) >= 11 is 0. The molecule has 8 nitrogen and oxygen atoms in total. The Morgan fingerprint density at radius 1 is 1.20 bits per heavy atom. The molecule has 0 saturated carbocycles. The summed E-state index contributed by atoms with van der Waals surface area (Å²) in [4.78, 5) is 29.4. The molecule has 1 unspecified atom stereocenters. The number of imidazole rings is 1. The highest BCUT2D eigenvalue weighted by Crippen LogP contribution is 2.24. The van der Waals surface area contributed by atoms with Crippen LogP contribution in [0.5, 0.6) is 5.75 Å². The van der Waals surface area contributed by atoms with Crippen molar-refractivity contribution in [1.82, 2.24) is 25.1 Å². The van der Waals surface area contributed by atoms with Gasteiger partial charge in [-0.1, -0.05) is 30.3 Å². The van der Waals surface area contributed by atoms with Gasteiger partial charge in [0, 0.05) is 24.8 Å². The van der Waals surface area contributed by atoms with E-state index in [9.17, 15) is 9.59 Å². The second-order valence-corrected chi connectivity index (χ2v) is 6.90. The lowest BCUT2D eigenvalue weighted by molar-refractivity contribution is -0.121. The molecule has 0 radical (unpaired) electrons. The minimum Gasteiger partial charge on any atom is -0.497 e. The maximum Gasteiger partial charge on any atom is 0.272 e. The average Bonchev–Trinajstić information content (AvgIpc) is 3.20. The first kappa shape index (κ1) is 19.4. The Morgan fingerprint density at radius 3 is 2.73 bits per heavy atom. The molecule has 2 N–H and O–H groups in total. The number of ether oxygens (including phenoxy) is 1. The smallest absolute Gasteiger partial charge is 0.272 e. The zero-order valence-corrected chi connectivity index (χ0v) is 16.6. The van der Waals surface area contributed by atoms with Crippen molar-refractivity contribution in [2.75, 3.05) is 7.11 Å². The summed E-state index contributed by atoms with van der Waals surface area (Å²) in [6.45, 7) is 0. The number of aromatic nitrogens is 4. The minimum atomic E-state index is -0.471. The molecular weight excluding hydrogens is 382 g/mol. The van der Waals surface area contributed by atoms with Gasteiger partial charge in [0.05, 0.1) is 24.6 Å². The maximum atomic E-state index is 13.0. The van der Waals surface area contributed by atoms with Gasteiger partial charge < -0.3 is 14.6 Å². The number of aryl methyl sites for hydroxylation is 1. The SMILES string of the molecule is COc1cccc(C(NC(=O)Cc2n[nH]c(=O)c3ccccc23)c2nccn2C)c1. The third-order valence-corrected chi connectivity index (χ3v) is 4.95. The molecule has 2 aromatic carbocycles. The molecule has 0 fully saturated rings. The Balaban J connectivity index is 1.65. The number of hydrogen-bond acceptors (Lipinski definition) is 5. The second-order valence-electron chi connectivity index (χ2n) is 6.90. The number of carbonyl (C=O) groups excluding carboxylic acids is 1. The highest BCUT2D eigenvalue weighted by Gasteiger charge is 2.22. The third-order valence-electron chi connectivity index (χ3n) is 4.95. The number of nitrogens with one attached hydrogen (secondary N) is 2. The van der Waals surface area contributed by atoms with Gasteiger partial charge in [-0.15, -0.1) is 0 Å². The highest BCUT2D eigenvalue weighted by molar-refractivity contribution is 5.88. The van der Waals surface area contributed by atoms with Crippen molar-refractivity contribution < 1.29 is 9.53 Å². The lowest BCUT2D eigenvalue weighted by Gasteiger charge is -2.20. The van der Waals surface area contributed by atoms with Crippen LogP contribution in [0.2, 0.25) is 0 Å². The quantitative estimate of drug-likeness (QED) is 0.513. The molecule has 4 aromatic rings. The topological polar surface area (TPSA) is 102 Å². The summed E-state index contributed by atoms with van der Waals surface area (Å²) in [6, 6.07) is 14.1. The lowest BCUT2D eigenvalue weighted by atomic mass is 10.0. The summed E-state index contributed by atoms with van der Waals surface area (Å²) < 4.78 is 7.19. The molecule has 30 heavy (non-hydrogen) atoms. The molecule has 0 bridgehead atoms. The van der Waals surface area contributed by atoms with Crippen LogP contribution in [0, 0.1) is 0 Å². The van der Waals surface area contributed by atoms with Crippen molar-refractivity contribution in [2.24, 2.45) is 7.05 Å². The predicted molar refractivity (Wildman–Crippen MR) is 112 cm³/mol. The first-order valence-corrected chi connectivity index (χ1v) is 9.43. The number of fused-ring (bicyclic) bond motifs is 1. The lowest BCUT2D eigenvalue weighted by Crippen LogP contribution is -2.32. The molecule has 2 aromatic heterocycles. The van der Waals surface area contributed by atoms with Crippen molar-refractivity contribution in [1.29, 1.82) is 0 Å². The second kappa shape index (κ2) is 8.20. The summed E-state index contributed by atoms with van der Waals surface area (Å²) in [6.07, 6.45) is 3.53. The van der Waals surface area contributed by atoms with E-state index in [-0.39, 0.29) is 17.9 Å². The van der Waals surface area contributed by atoms with Crippen LogP contribution in [0.15, 0.2) is 65.7 Å². The van der Waals surface area contributed by atoms with Crippen molar-refractivity contribution in [3.05, 3.63) is 88.4 Å². The van der Waals surface area contributed by atoms with Crippen molar-refractivity contribution in [3.63, 3.8) is 0 Å². The molecular formula is C22H21N5O3. The molecule has 1 atom stereocenters. The molecule has 0 aliphatic heterocycles. The molecule has 2 heterocycles. The first-order chi connectivity index (χ1) is 14.6. The molecule has 152 valence electrons. The Kier molecular flexibility index (Phi) is 5.30. The predicted octanol–water partition coefficient (Wildman–Crippen LogP) is 2.11. The van der Waals surface area contributed by atoms with Crippen LogP contribution in [0.3, 0.4) is 0 Å². The van der Waals surface area contributed by atoms with E-state index in [1.54, 1.807) is 31.5 Å². The number of H-pyrrole nitrogens is 1. The van der Waals surface area contributed by atoms with Crippen LogP contribution in [0.4, 0.5) is 0 Å². The third kappa shape index (κ3) is 3.80. The van der Waals surface area contributed by atoms with E-state index in [2.05, 4.69) is 20.5 Å². The molecule has 0 aliphatic carbocycles. The van der Waals surface area contributed by atoms with Gasteiger partial charge in [0.25, 0.3) is 5.56 Å². The number of benzene rings is 2. The van der Waals surface area contributed by atoms with Crippen molar-refractivity contribution in [3.8, 4) is 5.75 Å². The van der Waals surface area contributed by atoms with E-state index in [1.807, 2.05) is 48.1 Å². The Labute approximate surface area is 172 Å². The summed E-state index contributed by atoms with van der Waals surface area (Å²) in [5, 5.41) is 10.8. The van der Waals surface area contributed by atoms with Crippen LogP contribution in [-0.4, -0.2) is 32.8 Å². The van der Waals surface area contributed by atoms with Crippen LogP contribution >= 0.6 is 0 Å². The normalized spacial score (nSPS) is 11.9. The molecule has 8 heteroatoms. The van der Waals surface area contributed by atoms with E-state index in [0.717, 1.165) is 5.56 Å². The Bertz CT molecular complexity index is 1260. The van der Waals surface area contributed by atoms with Crippen molar-refractivity contribution >= 4 is 16.7 Å². The number of rotatable bonds is 6. The van der Waals surface area contributed by atoms with E-state index < -0.39 is 6.04 Å². The number of amides is 1. The number of hydrogen-bond donors (Lipinski definition) is 2. The standard InChI is InChI=1S/C22H21N5O3/c1-27-11-10-23-21(27)20(14-6-5-7-15(12-14)30-2)24-19(28)13-18-16-8-3-4-9-17(16)22(29)26-25-18/h3-12,20H,13H2,1-2H3,(H,24,28)(H,26,29). The zero-order valence-electron chi connectivity index (χ0n) is 16.6. The number of aromatic amines is 1. The maximum absolute atomic E-state index is 13.0. The van der Waals surface area contributed by atoms with Crippen LogP contribution in [-0.2, 0) is 18.3 Å². The van der Waals surface area contributed by atoms with Gasteiger partial charge in [0.15, 0.2) is 0 Å². The number of nitrogens with zero attached hydrogens (tertiary/aromatic N) is 3. The number of methoxy groups -OCH3 is 1. The van der Waals surface area contributed by atoms with Gasteiger partial charge in [-0.05, 0) is 23.8 Å². The molecule has 0 saturated heterocycles. The summed E-state index contributed by atoms with van der Waals surface area (Å²) in [7, 11) is 3.47. The first-order valence-electron chi connectivity index (χ1n) is 9.43. The van der Waals surface area contributed by atoms with E-state index in [4.69, 9.17) is 4.74 Å². The van der Waals surface area contributed by atoms with E-state index in [0.29, 0.717) is 28.0 Å². The van der Waals surface area contributed by atoms with Crippen LogP contribution in [0.1, 0.15) is 23.1 Å². The highest BCUT2D eigenvalue weighted by atomic mass is 16.5. The van der Waals surface area contributed by atoms with Gasteiger partial charge in [0.2, 0.25) is 5.91 Å². The minimum absolute atomic E-state index is 0.0161. The Morgan fingerprint density at radius 2 is 2.00 bits per heavy atom. The molecule has 0 spiro atoms. The van der Waals surface area contributed by atoms with Gasteiger partial charge in [0.1, 0.15) is 17.6 Å². The van der Waals surface area contributed by atoms with Crippen LogP contribution in [0.25, 0.3) is 10.8 Å². The van der Waals surface area contributed by atoms with Crippen molar-refractivity contribution in [2.45, 2.75) is 12.5 Å². The summed E-state index contributed by atoms with van der Waals surface area (Å²) in [5.41, 5.74) is 1.07. The summed E-state index contributed by atoms with van der Waals surface area (Å²) in [5.74, 6) is 1.14. The monoisotopic (exact) mass is 403 g/mol. The fraction of sp³-hybridized carbons (Fsp3) is 0.182. The van der Waals surface area contributed by atoms with Gasteiger partial charge in [-0.2, -0.15) is 5.10 Å². The van der Waals surface area contributed by atoms with Crippen LogP contribution < -0.4 is 15.6 Å². The Hall–Kier alpha value is -3.94. The molecule has 1 amide bonds. The molecule has 0 aliphatic rings. The van der Waals surface area contributed by atoms with Gasteiger partial charge in [-0.25, -0.2) is 10.1 Å². The zero-order chi connectivity index (χ0) is 21.1.